The summed E-state index contributed by atoms with van der Waals surface area (Å²) in [7, 11) is -3.46. The van der Waals surface area contributed by atoms with E-state index in [1.54, 1.807) is 30.3 Å². The largest absolute Gasteiger partial charge is 0.377 e. The predicted molar refractivity (Wildman–Crippen MR) is 99.2 cm³/mol. The lowest BCUT2D eigenvalue weighted by atomic mass is 9.95. The first kappa shape index (κ1) is 19.3. The van der Waals surface area contributed by atoms with E-state index < -0.39 is 10.0 Å². The summed E-state index contributed by atoms with van der Waals surface area (Å²) in [6.45, 7) is 4.89. The third-order valence-corrected chi connectivity index (χ3v) is 7.19. The molecule has 6 nitrogen and oxygen atoms in total. The van der Waals surface area contributed by atoms with Gasteiger partial charge in [-0.3, -0.25) is 4.79 Å². The molecular weight excluding hydrogens is 352 g/mol. The number of likely N-dealkylation sites (tertiary alicyclic amines) is 1. The van der Waals surface area contributed by atoms with E-state index >= 15 is 0 Å². The van der Waals surface area contributed by atoms with Gasteiger partial charge in [0.15, 0.2) is 0 Å². The van der Waals surface area contributed by atoms with E-state index in [0.29, 0.717) is 44.0 Å². The van der Waals surface area contributed by atoms with E-state index in [9.17, 15) is 13.2 Å². The second-order valence-electron chi connectivity index (χ2n) is 7.00. The van der Waals surface area contributed by atoms with Crippen LogP contribution in [0.4, 0.5) is 0 Å². The van der Waals surface area contributed by atoms with Crippen molar-refractivity contribution in [3.8, 4) is 0 Å². The maximum atomic E-state index is 12.8. The Bertz CT molecular complexity index is 698. The number of nitrogens with zero attached hydrogens (tertiary/aromatic N) is 2. The van der Waals surface area contributed by atoms with Gasteiger partial charge in [0.05, 0.1) is 11.0 Å². The van der Waals surface area contributed by atoms with Crippen LogP contribution in [0.1, 0.15) is 32.6 Å². The average Bonchev–Trinajstić information content (AvgIpc) is 2.69. The minimum Gasteiger partial charge on any atom is -0.377 e. The van der Waals surface area contributed by atoms with Crippen molar-refractivity contribution < 1.29 is 17.9 Å². The van der Waals surface area contributed by atoms with Crippen LogP contribution in [0.2, 0.25) is 0 Å². The molecule has 0 aromatic heterocycles. The van der Waals surface area contributed by atoms with Crippen LogP contribution >= 0.6 is 0 Å². The molecule has 1 amide bonds. The Labute approximate surface area is 156 Å². The van der Waals surface area contributed by atoms with E-state index in [0.717, 1.165) is 19.4 Å². The second kappa shape index (κ2) is 8.50. The fraction of sp³-hybridized carbons (Fsp3) is 0.632. The molecule has 0 N–H and O–H groups in total. The molecular formula is C19H28N2O4S. The summed E-state index contributed by atoms with van der Waals surface area (Å²) >= 11 is 0. The standard InChI is InChI=1S/C19H28N2O4S/c1-2-25-17-7-6-12-20(15-17)19(22)16-10-13-21(14-11-16)26(23,24)18-8-4-3-5-9-18/h3-5,8-9,16-17H,2,6-7,10-15H2,1H3. The van der Waals surface area contributed by atoms with Crippen molar-refractivity contribution in [2.75, 3.05) is 32.8 Å². The van der Waals surface area contributed by atoms with Crippen LogP contribution < -0.4 is 0 Å². The molecule has 144 valence electrons. The summed E-state index contributed by atoms with van der Waals surface area (Å²) in [4.78, 5) is 15.1. The average molecular weight is 381 g/mol. The molecule has 0 saturated carbocycles. The lowest BCUT2D eigenvalue weighted by Crippen LogP contribution is -2.48. The summed E-state index contributed by atoms with van der Waals surface area (Å²) in [6, 6.07) is 8.50. The van der Waals surface area contributed by atoms with Gasteiger partial charge in [0.1, 0.15) is 0 Å². The molecule has 0 radical (unpaired) electrons. The van der Waals surface area contributed by atoms with Gasteiger partial charge in [-0.2, -0.15) is 4.31 Å². The summed E-state index contributed by atoms with van der Waals surface area (Å²) < 4.78 is 32.6. The molecule has 26 heavy (non-hydrogen) atoms. The van der Waals surface area contributed by atoms with E-state index in [-0.39, 0.29) is 17.9 Å². The Morgan fingerprint density at radius 2 is 1.81 bits per heavy atom. The molecule has 1 atom stereocenters. The Hall–Kier alpha value is -1.44. The smallest absolute Gasteiger partial charge is 0.243 e. The lowest BCUT2D eigenvalue weighted by molar-refractivity contribution is -0.140. The van der Waals surface area contributed by atoms with Gasteiger partial charge in [-0.25, -0.2) is 8.42 Å². The molecule has 0 aliphatic carbocycles. The van der Waals surface area contributed by atoms with Gasteiger partial charge in [-0.15, -0.1) is 0 Å². The number of ether oxygens (including phenoxy) is 1. The number of hydrogen-bond donors (Lipinski definition) is 0. The van der Waals surface area contributed by atoms with Crippen LogP contribution in [-0.2, 0) is 19.6 Å². The van der Waals surface area contributed by atoms with Crippen molar-refractivity contribution in [1.82, 2.24) is 9.21 Å². The topological polar surface area (TPSA) is 66.9 Å². The van der Waals surface area contributed by atoms with Crippen LogP contribution in [0.3, 0.4) is 0 Å². The monoisotopic (exact) mass is 380 g/mol. The van der Waals surface area contributed by atoms with Crippen molar-refractivity contribution in [3.05, 3.63) is 30.3 Å². The van der Waals surface area contributed by atoms with Crippen LogP contribution in [0.5, 0.6) is 0 Å². The molecule has 2 aliphatic heterocycles. The molecule has 1 aromatic carbocycles. The quantitative estimate of drug-likeness (QED) is 0.785. The van der Waals surface area contributed by atoms with Crippen LogP contribution in [0.15, 0.2) is 35.2 Å². The Morgan fingerprint density at radius 1 is 1.12 bits per heavy atom. The SMILES string of the molecule is CCOC1CCCN(C(=O)C2CCN(S(=O)(=O)c3ccccc3)CC2)C1. The van der Waals surface area contributed by atoms with Crippen molar-refractivity contribution in [2.24, 2.45) is 5.92 Å². The molecule has 2 saturated heterocycles. The Kier molecular flexibility index (Phi) is 6.32. The minimum atomic E-state index is -3.46. The molecule has 0 bridgehead atoms. The van der Waals surface area contributed by atoms with Gasteiger partial charge in [-0.05, 0) is 44.7 Å². The minimum absolute atomic E-state index is 0.0856. The molecule has 1 unspecified atom stereocenters. The lowest BCUT2D eigenvalue weighted by Gasteiger charge is -2.37. The van der Waals surface area contributed by atoms with Crippen LogP contribution in [0.25, 0.3) is 0 Å². The highest BCUT2D eigenvalue weighted by molar-refractivity contribution is 7.89. The fourth-order valence-electron chi connectivity index (χ4n) is 3.85. The van der Waals surface area contributed by atoms with E-state index in [1.165, 1.54) is 4.31 Å². The fourth-order valence-corrected chi connectivity index (χ4v) is 5.34. The number of benzene rings is 1. The summed E-state index contributed by atoms with van der Waals surface area (Å²) in [5.74, 6) is 0.0729. The first-order valence-electron chi connectivity index (χ1n) is 9.48. The number of rotatable bonds is 5. The zero-order valence-electron chi connectivity index (χ0n) is 15.3. The number of carbonyl (C=O) groups excluding carboxylic acids is 1. The van der Waals surface area contributed by atoms with E-state index in [4.69, 9.17) is 4.74 Å². The Balaban J connectivity index is 1.57. The maximum Gasteiger partial charge on any atom is 0.243 e. The zero-order chi connectivity index (χ0) is 18.6. The number of amides is 1. The predicted octanol–water partition coefficient (Wildman–Crippen LogP) is 2.11. The summed E-state index contributed by atoms with van der Waals surface area (Å²) in [6.07, 6.45) is 3.28. The van der Waals surface area contributed by atoms with Gasteiger partial charge in [-0.1, -0.05) is 18.2 Å². The third kappa shape index (κ3) is 4.27. The number of hydrogen-bond acceptors (Lipinski definition) is 4. The first-order chi connectivity index (χ1) is 12.5. The van der Waals surface area contributed by atoms with Gasteiger partial charge >= 0.3 is 0 Å². The van der Waals surface area contributed by atoms with Crippen molar-refractivity contribution in [3.63, 3.8) is 0 Å². The highest BCUT2D eigenvalue weighted by atomic mass is 32.2. The first-order valence-corrected chi connectivity index (χ1v) is 10.9. The molecule has 3 rings (SSSR count). The van der Waals surface area contributed by atoms with Crippen molar-refractivity contribution in [1.29, 1.82) is 0 Å². The molecule has 1 aromatic rings. The molecule has 2 fully saturated rings. The molecule has 7 heteroatoms. The Morgan fingerprint density at radius 3 is 2.46 bits per heavy atom. The summed E-state index contributed by atoms with van der Waals surface area (Å²) in [5.41, 5.74) is 0. The third-order valence-electron chi connectivity index (χ3n) is 5.28. The van der Waals surface area contributed by atoms with Gasteiger partial charge < -0.3 is 9.64 Å². The zero-order valence-corrected chi connectivity index (χ0v) is 16.2. The van der Waals surface area contributed by atoms with E-state index in [1.807, 2.05) is 11.8 Å². The number of piperidine rings is 2. The normalized spacial score (nSPS) is 23.1. The maximum absolute atomic E-state index is 12.8. The van der Waals surface area contributed by atoms with E-state index in [2.05, 4.69) is 0 Å². The summed E-state index contributed by atoms with van der Waals surface area (Å²) in [5, 5.41) is 0. The molecule has 0 spiro atoms. The highest BCUT2D eigenvalue weighted by Crippen LogP contribution is 2.26. The van der Waals surface area contributed by atoms with Crippen molar-refractivity contribution >= 4 is 15.9 Å². The molecule has 2 heterocycles. The second-order valence-corrected chi connectivity index (χ2v) is 8.93. The molecule has 2 aliphatic rings. The van der Waals surface area contributed by atoms with Crippen molar-refractivity contribution in [2.45, 2.75) is 43.6 Å². The highest BCUT2D eigenvalue weighted by Gasteiger charge is 2.35. The number of carbonyl (C=O) groups is 1. The van der Waals surface area contributed by atoms with Gasteiger partial charge in [0.25, 0.3) is 0 Å². The van der Waals surface area contributed by atoms with Crippen LogP contribution in [0, 0.1) is 5.92 Å². The van der Waals surface area contributed by atoms with Crippen LogP contribution in [-0.4, -0.2) is 62.4 Å². The van der Waals surface area contributed by atoms with Gasteiger partial charge in [0, 0.05) is 38.7 Å². The van der Waals surface area contributed by atoms with Gasteiger partial charge in [0.2, 0.25) is 15.9 Å². The number of sulfonamides is 1.